The summed E-state index contributed by atoms with van der Waals surface area (Å²) >= 11 is 0. The van der Waals surface area contributed by atoms with Crippen molar-refractivity contribution in [3.8, 4) is 0 Å². The van der Waals surface area contributed by atoms with E-state index in [0.29, 0.717) is 12.2 Å². The number of rotatable bonds is 4. The Kier molecular flexibility index (Phi) is 16.0. The maximum absolute atomic E-state index is 11.2. The molecule has 0 spiro atoms. The molecule has 0 saturated heterocycles. The van der Waals surface area contributed by atoms with Gasteiger partial charge in [-0.25, -0.2) is 0 Å². The van der Waals surface area contributed by atoms with Gasteiger partial charge in [-0.1, -0.05) is 13.3 Å². The van der Waals surface area contributed by atoms with E-state index in [9.17, 15) is 4.79 Å². The van der Waals surface area contributed by atoms with Gasteiger partial charge in [-0.15, -0.1) is 0 Å². The van der Waals surface area contributed by atoms with Gasteiger partial charge in [0.2, 0.25) is 0 Å². The third kappa shape index (κ3) is 8.65. The fourth-order valence-electron chi connectivity index (χ4n) is 0.857. The Morgan fingerprint density at radius 2 is 2.13 bits per heavy atom. The molecule has 0 bridgehead atoms. The molecule has 0 unspecified atom stereocenters. The maximum atomic E-state index is 11.2. The summed E-state index contributed by atoms with van der Waals surface area (Å²) in [5.74, 6) is -0.315. The summed E-state index contributed by atoms with van der Waals surface area (Å²) in [6.07, 6.45) is 1.93. The molecule has 0 heterocycles. The smallest absolute Gasteiger partial charge is 0.514 e. The summed E-state index contributed by atoms with van der Waals surface area (Å²) in [6, 6.07) is 10.5. The van der Waals surface area contributed by atoms with Crippen LogP contribution in [0, 0.1) is 12.1 Å². The first kappa shape index (κ1) is 19.3. The molecule has 4 heteroatoms. The van der Waals surface area contributed by atoms with Crippen molar-refractivity contribution in [3.05, 3.63) is 35.9 Å². The molecule has 0 aromatic heterocycles. The van der Waals surface area contributed by atoms with Crippen molar-refractivity contribution in [1.82, 2.24) is 0 Å². The SMILES string of the molecule is CCCCOC(=O)c1[c-]cc[c-]c1.[K+].[K+]. The molecule has 15 heavy (non-hydrogen) atoms. The number of carbonyl (C=O) groups excluding carboxylic acids is 1. The molecule has 1 aromatic rings. The van der Waals surface area contributed by atoms with Crippen LogP contribution < -0.4 is 103 Å². The molecular formula is C11H12K2O2. The quantitative estimate of drug-likeness (QED) is 0.239. The fraction of sp³-hybridized carbons (Fsp3) is 0.364. The summed E-state index contributed by atoms with van der Waals surface area (Å²) in [5.41, 5.74) is 0.443. The summed E-state index contributed by atoms with van der Waals surface area (Å²) in [7, 11) is 0. The second kappa shape index (κ2) is 12.4. The number of esters is 1. The monoisotopic (exact) mass is 254 g/mol. The minimum Gasteiger partial charge on any atom is -0.514 e. The van der Waals surface area contributed by atoms with Crippen molar-refractivity contribution < 1.29 is 112 Å². The van der Waals surface area contributed by atoms with Crippen molar-refractivity contribution in [3.63, 3.8) is 0 Å². The maximum Gasteiger partial charge on any atom is 1.00 e. The molecule has 1 aromatic carbocycles. The predicted molar refractivity (Wildman–Crippen MR) is 49.3 cm³/mol. The van der Waals surface area contributed by atoms with Gasteiger partial charge in [0.15, 0.2) is 5.97 Å². The van der Waals surface area contributed by atoms with E-state index in [1.807, 2.05) is 0 Å². The van der Waals surface area contributed by atoms with E-state index in [1.54, 1.807) is 18.2 Å². The van der Waals surface area contributed by atoms with E-state index in [0.717, 1.165) is 12.8 Å². The van der Waals surface area contributed by atoms with Crippen LogP contribution in [0.3, 0.4) is 0 Å². The van der Waals surface area contributed by atoms with E-state index >= 15 is 0 Å². The molecule has 0 atom stereocenters. The Morgan fingerprint density at radius 3 is 2.67 bits per heavy atom. The molecular weight excluding hydrogens is 242 g/mol. The first-order chi connectivity index (χ1) is 6.34. The first-order valence-corrected chi connectivity index (χ1v) is 4.39. The third-order valence-corrected chi connectivity index (χ3v) is 1.60. The van der Waals surface area contributed by atoms with Crippen LogP contribution in [0.2, 0.25) is 0 Å². The molecule has 0 aliphatic rings. The number of hydrogen-bond donors (Lipinski definition) is 0. The van der Waals surface area contributed by atoms with Crippen LogP contribution in [0.25, 0.3) is 0 Å². The zero-order valence-electron chi connectivity index (χ0n) is 9.67. The molecule has 0 aliphatic carbocycles. The standard InChI is InChI=1S/C11H12O2.2K/c1-2-3-9-13-11(12)10-7-5-4-6-8-10;;/h4-5,8H,2-3,9H2,1H3;;/q-2;2*+1. The summed E-state index contributed by atoms with van der Waals surface area (Å²) in [5, 5.41) is 0. The van der Waals surface area contributed by atoms with Crippen LogP contribution in [0.15, 0.2) is 18.2 Å². The van der Waals surface area contributed by atoms with Gasteiger partial charge in [0.1, 0.15) is 0 Å². The summed E-state index contributed by atoms with van der Waals surface area (Å²) in [4.78, 5) is 11.2. The molecule has 2 nitrogen and oxygen atoms in total. The van der Waals surface area contributed by atoms with Crippen molar-refractivity contribution >= 4 is 5.97 Å². The average Bonchev–Trinajstić information content (AvgIpc) is 2.19. The summed E-state index contributed by atoms with van der Waals surface area (Å²) in [6.45, 7) is 2.54. The number of benzene rings is 1. The van der Waals surface area contributed by atoms with Crippen LogP contribution in [0.5, 0.6) is 0 Å². The zero-order chi connectivity index (χ0) is 9.52. The molecule has 0 fully saturated rings. The zero-order valence-corrected chi connectivity index (χ0v) is 15.9. The van der Waals surface area contributed by atoms with E-state index < -0.39 is 0 Å². The fourth-order valence-corrected chi connectivity index (χ4v) is 0.857. The van der Waals surface area contributed by atoms with Crippen molar-refractivity contribution in [2.24, 2.45) is 0 Å². The molecule has 0 N–H and O–H groups in total. The molecule has 1 rings (SSSR count). The first-order valence-electron chi connectivity index (χ1n) is 4.39. The van der Waals surface area contributed by atoms with Crippen molar-refractivity contribution in [2.45, 2.75) is 19.8 Å². The Morgan fingerprint density at radius 1 is 1.40 bits per heavy atom. The van der Waals surface area contributed by atoms with Crippen LogP contribution in [-0.2, 0) is 4.74 Å². The van der Waals surface area contributed by atoms with E-state index in [1.165, 1.54) is 0 Å². The molecule has 0 saturated carbocycles. The number of carbonyl (C=O) groups is 1. The number of ether oxygens (including phenoxy) is 1. The van der Waals surface area contributed by atoms with Crippen LogP contribution in [0.1, 0.15) is 30.1 Å². The molecule has 0 amide bonds. The number of unbranched alkanes of at least 4 members (excludes halogenated alkanes) is 1. The normalized spacial score (nSPS) is 8.33. The van der Waals surface area contributed by atoms with E-state index in [4.69, 9.17) is 4.74 Å². The molecule has 70 valence electrons. The average molecular weight is 254 g/mol. The predicted octanol–water partition coefficient (Wildman–Crippen LogP) is -3.75. The van der Waals surface area contributed by atoms with Crippen LogP contribution >= 0.6 is 0 Å². The van der Waals surface area contributed by atoms with Gasteiger partial charge in [0.25, 0.3) is 0 Å². The van der Waals surface area contributed by atoms with Crippen molar-refractivity contribution in [1.29, 1.82) is 0 Å². The second-order valence-electron chi connectivity index (χ2n) is 2.69. The van der Waals surface area contributed by atoms with Gasteiger partial charge >= 0.3 is 103 Å². The van der Waals surface area contributed by atoms with Crippen LogP contribution in [-0.4, -0.2) is 12.6 Å². The van der Waals surface area contributed by atoms with Gasteiger partial charge in [0, 0.05) is 0 Å². The largest absolute Gasteiger partial charge is 1.00 e. The van der Waals surface area contributed by atoms with Crippen LogP contribution in [0.4, 0.5) is 0 Å². The Hall–Kier alpha value is 1.96. The van der Waals surface area contributed by atoms with Gasteiger partial charge in [0.05, 0.1) is 6.61 Å². The van der Waals surface area contributed by atoms with Gasteiger partial charge in [-0.3, -0.25) is 30.3 Å². The third-order valence-electron chi connectivity index (χ3n) is 1.60. The minimum atomic E-state index is -0.315. The molecule has 0 radical (unpaired) electrons. The molecule has 0 aliphatic heterocycles. The topological polar surface area (TPSA) is 26.3 Å². The summed E-state index contributed by atoms with van der Waals surface area (Å²) < 4.78 is 4.98. The Labute approximate surface area is 176 Å². The van der Waals surface area contributed by atoms with Gasteiger partial charge in [-0.05, 0) is 6.42 Å². The van der Waals surface area contributed by atoms with E-state index in [-0.39, 0.29) is 109 Å². The van der Waals surface area contributed by atoms with E-state index in [2.05, 4.69) is 19.1 Å². The minimum absolute atomic E-state index is 0. The Balaban J connectivity index is 0. The van der Waals surface area contributed by atoms with Gasteiger partial charge in [-0.2, -0.15) is 5.56 Å². The van der Waals surface area contributed by atoms with Crippen molar-refractivity contribution in [2.75, 3.05) is 6.61 Å². The second-order valence-corrected chi connectivity index (χ2v) is 2.69. The number of hydrogen-bond acceptors (Lipinski definition) is 2. The Bertz CT molecular complexity index is 263. The van der Waals surface area contributed by atoms with Gasteiger partial charge < -0.3 is 9.53 Å².